The molecule has 20 heavy (non-hydrogen) atoms. The van der Waals surface area contributed by atoms with Gasteiger partial charge in [-0.1, -0.05) is 18.2 Å². The molecule has 0 saturated heterocycles. The van der Waals surface area contributed by atoms with E-state index < -0.39 is 0 Å². The monoisotopic (exact) mass is 263 g/mol. The Morgan fingerprint density at radius 2 is 1.95 bits per heavy atom. The Hall–Kier alpha value is -3.05. The standard InChI is InChI=1S/C15H13N5/c16-7-4-8-20(14-5-2-1-3-6-14)15-12(10-17)9-13(18)11-19-15/h1-3,5-6,9,11H,4,8,18H2. The number of para-hydroxylation sites is 1. The summed E-state index contributed by atoms with van der Waals surface area (Å²) < 4.78 is 0. The number of nitrogen functional groups attached to an aromatic ring is 1. The van der Waals surface area contributed by atoms with Gasteiger partial charge in [0.2, 0.25) is 0 Å². The lowest BCUT2D eigenvalue weighted by atomic mass is 10.2. The summed E-state index contributed by atoms with van der Waals surface area (Å²) in [5, 5.41) is 18.0. The predicted octanol–water partition coefficient (Wildman–Crippen LogP) is 2.59. The van der Waals surface area contributed by atoms with Crippen LogP contribution in [0, 0.1) is 22.7 Å². The molecule has 0 bridgehead atoms. The van der Waals surface area contributed by atoms with Crippen molar-refractivity contribution in [1.29, 1.82) is 10.5 Å². The Bertz CT molecular complexity index is 667. The number of nitrogens with two attached hydrogens (primary N) is 1. The third-order valence-electron chi connectivity index (χ3n) is 2.78. The highest BCUT2D eigenvalue weighted by atomic mass is 15.2. The van der Waals surface area contributed by atoms with Gasteiger partial charge >= 0.3 is 0 Å². The van der Waals surface area contributed by atoms with Crippen LogP contribution >= 0.6 is 0 Å². The molecule has 2 rings (SSSR count). The first-order chi connectivity index (χ1) is 9.76. The van der Waals surface area contributed by atoms with Crippen LogP contribution < -0.4 is 10.6 Å². The van der Waals surface area contributed by atoms with Gasteiger partial charge in [-0.15, -0.1) is 0 Å². The smallest absolute Gasteiger partial charge is 0.151 e. The van der Waals surface area contributed by atoms with Gasteiger partial charge in [0.25, 0.3) is 0 Å². The summed E-state index contributed by atoms with van der Waals surface area (Å²) in [5.74, 6) is 0.517. The zero-order valence-electron chi connectivity index (χ0n) is 10.8. The normalized spacial score (nSPS) is 9.50. The van der Waals surface area contributed by atoms with Gasteiger partial charge in [-0.25, -0.2) is 4.98 Å². The van der Waals surface area contributed by atoms with Gasteiger partial charge in [-0.3, -0.25) is 0 Å². The van der Waals surface area contributed by atoms with Gasteiger partial charge < -0.3 is 10.6 Å². The zero-order valence-corrected chi connectivity index (χ0v) is 10.8. The first-order valence-corrected chi connectivity index (χ1v) is 6.11. The van der Waals surface area contributed by atoms with E-state index >= 15 is 0 Å². The third kappa shape index (κ3) is 2.85. The fourth-order valence-corrected chi connectivity index (χ4v) is 1.90. The first-order valence-electron chi connectivity index (χ1n) is 6.11. The number of rotatable bonds is 4. The first kappa shape index (κ1) is 13.4. The van der Waals surface area contributed by atoms with Crippen LogP contribution in [-0.4, -0.2) is 11.5 Å². The van der Waals surface area contributed by atoms with Crippen LogP contribution in [0.4, 0.5) is 17.2 Å². The average molecular weight is 263 g/mol. The minimum Gasteiger partial charge on any atom is -0.397 e. The van der Waals surface area contributed by atoms with Crippen molar-refractivity contribution < 1.29 is 0 Å². The highest BCUT2D eigenvalue weighted by Crippen LogP contribution is 2.27. The summed E-state index contributed by atoms with van der Waals surface area (Å²) >= 11 is 0. The largest absolute Gasteiger partial charge is 0.397 e. The van der Waals surface area contributed by atoms with Crippen molar-refractivity contribution >= 4 is 17.2 Å². The number of anilines is 3. The van der Waals surface area contributed by atoms with E-state index in [-0.39, 0.29) is 0 Å². The van der Waals surface area contributed by atoms with Gasteiger partial charge in [0.15, 0.2) is 5.82 Å². The molecule has 0 unspecified atom stereocenters. The maximum absolute atomic E-state index is 9.23. The summed E-state index contributed by atoms with van der Waals surface area (Å²) in [6, 6.07) is 15.3. The topological polar surface area (TPSA) is 89.7 Å². The minimum atomic E-state index is 0.339. The number of aromatic nitrogens is 1. The third-order valence-corrected chi connectivity index (χ3v) is 2.78. The average Bonchev–Trinajstić information content (AvgIpc) is 2.49. The summed E-state index contributed by atoms with van der Waals surface area (Å²) in [5.41, 5.74) is 7.38. The molecule has 0 amide bonds. The highest BCUT2D eigenvalue weighted by molar-refractivity contribution is 5.67. The number of benzene rings is 1. The van der Waals surface area contributed by atoms with Gasteiger partial charge in [-0.05, 0) is 18.2 Å². The Balaban J connectivity index is 2.48. The molecule has 1 heterocycles. The van der Waals surface area contributed by atoms with Gasteiger partial charge in [0.05, 0.1) is 29.9 Å². The van der Waals surface area contributed by atoms with Crippen LogP contribution in [-0.2, 0) is 0 Å². The van der Waals surface area contributed by atoms with Crippen molar-refractivity contribution in [3.8, 4) is 12.1 Å². The predicted molar refractivity (Wildman–Crippen MR) is 77.0 cm³/mol. The molecule has 98 valence electrons. The minimum absolute atomic E-state index is 0.339. The number of hydrogen-bond acceptors (Lipinski definition) is 5. The number of hydrogen-bond donors (Lipinski definition) is 1. The fourth-order valence-electron chi connectivity index (χ4n) is 1.90. The van der Waals surface area contributed by atoms with E-state index in [1.54, 1.807) is 6.07 Å². The molecule has 0 aliphatic rings. The van der Waals surface area contributed by atoms with Crippen LogP contribution in [0.25, 0.3) is 0 Å². The Labute approximate surface area is 117 Å². The van der Waals surface area contributed by atoms with Crippen LogP contribution in [0.3, 0.4) is 0 Å². The zero-order chi connectivity index (χ0) is 14.4. The molecule has 0 fully saturated rings. The fraction of sp³-hybridized carbons (Fsp3) is 0.133. The molecule has 0 aliphatic carbocycles. The van der Waals surface area contributed by atoms with Crippen molar-refractivity contribution in [2.75, 3.05) is 17.2 Å². The van der Waals surface area contributed by atoms with Crippen molar-refractivity contribution in [2.24, 2.45) is 0 Å². The number of nitriles is 2. The molecular formula is C15H13N5. The van der Waals surface area contributed by atoms with Crippen molar-refractivity contribution in [3.05, 3.63) is 48.2 Å². The summed E-state index contributed by atoms with van der Waals surface area (Å²) in [7, 11) is 0. The Kier molecular flexibility index (Phi) is 4.16. The van der Waals surface area contributed by atoms with Crippen molar-refractivity contribution in [2.45, 2.75) is 6.42 Å². The van der Waals surface area contributed by atoms with Crippen molar-refractivity contribution in [3.63, 3.8) is 0 Å². The molecule has 2 N–H and O–H groups in total. The quantitative estimate of drug-likeness (QED) is 0.915. The lowest BCUT2D eigenvalue weighted by Gasteiger charge is -2.23. The highest BCUT2D eigenvalue weighted by Gasteiger charge is 2.15. The van der Waals surface area contributed by atoms with E-state index in [2.05, 4.69) is 17.1 Å². The SMILES string of the molecule is N#CCCN(c1ccccc1)c1ncc(N)cc1C#N. The van der Waals surface area contributed by atoms with E-state index in [1.165, 1.54) is 6.20 Å². The summed E-state index contributed by atoms with van der Waals surface area (Å²) in [4.78, 5) is 6.10. The van der Waals surface area contributed by atoms with Crippen molar-refractivity contribution in [1.82, 2.24) is 4.98 Å². The molecule has 0 radical (unpaired) electrons. The van der Waals surface area contributed by atoms with Gasteiger partial charge in [-0.2, -0.15) is 10.5 Å². The molecule has 1 aromatic heterocycles. The molecule has 0 atom stereocenters. The second-order valence-corrected chi connectivity index (χ2v) is 4.15. The van der Waals surface area contributed by atoms with Crippen LogP contribution in [0.2, 0.25) is 0 Å². The molecule has 5 heteroatoms. The molecular weight excluding hydrogens is 250 g/mol. The molecule has 1 aromatic carbocycles. The molecule has 2 aromatic rings. The summed E-state index contributed by atoms with van der Waals surface area (Å²) in [6.07, 6.45) is 1.85. The second-order valence-electron chi connectivity index (χ2n) is 4.15. The van der Waals surface area contributed by atoms with Crippen LogP contribution in [0.1, 0.15) is 12.0 Å². The number of nitrogens with zero attached hydrogens (tertiary/aromatic N) is 4. The van der Waals surface area contributed by atoms with Gasteiger partial charge in [0, 0.05) is 12.2 Å². The van der Waals surface area contributed by atoms with Crippen LogP contribution in [0.15, 0.2) is 42.6 Å². The maximum Gasteiger partial charge on any atom is 0.151 e. The van der Waals surface area contributed by atoms with Gasteiger partial charge in [0.1, 0.15) is 6.07 Å². The van der Waals surface area contributed by atoms with E-state index in [1.807, 2.05) is 35.2 Å². The summed E-state index contributed by atoms with van der Waals surface area (Å²) in [6.45, 7) is 0.464. The maximum atomic E-state index is 9.23. The molecule has 0 saturated carbocycles. The molecule has 5 nitrogen and oxygen atoms in total. The Morgan fingerprint density at radius 1 is 1.20 bits per heavy atom. The van der Waals surface area contributed by atoms with E-state index in [4.69, 9.17) is 11.0 Å². The van der Waals surface area contributed by atoms with E-state index in [0.717, 1.165) is 5.69 Å². The molecule has 0 spiro atoms. The lowest BCUT2D eigenvalue weighted by molar-refractivity contribution is 0.925. The second kappa shape index (κ2) is 6.21. The number of pyridine rings is 1. The molecule has 0 aliphatic heterocycles. The van der Waals surface area contributed by atoms with E-state index in [9.17, 15) is 5.26 Å². The Morgan fingerprint density at radius 3 is 2.60 bits per heavy atom. The lowest BCUT2D eigenvalue weighted by Crippen LogP contribution is -2.20. The van der Waals surface area contributed by atoms with E-state index in [0.29, 0.717) is 30.0 Å². The van der Waals surface area contributed by atoms with Crippen LogP contribution in [0.5, 0.6) is 0 Å².